The van der Waals surface area contributed by atoms with Gasteiger partial charge in [0.2, 0.25) is 0 Å². The topological polar surface area (TPSA) is 29.1 Å². The molecule has 2 rings (SSSR count). The zero-order valence-electron chi connectivity index (χ0n) is 10.3. The fourth-order valence-corrected chi connectivity index (χ4v) is 1.88. The van der Waals surface area contributed by atoms with Gasteiger partial charge in [-0.15, -0.1) is 0 Å². The number of amides is 1. The highest BCUT2D eigenvalue weighted by atomic mass is 79.9. The Morgan fingerprint density at radius 3 is 2.45 bits per heavy atom. The minimum Gasteiger partial charge on any atom is -0.322 e. The van der Waals surface area contributed by atoms with Gasteiger partial charge in [-0.05, 0) is 52.7 Å². The van der Waals surface area contributed by atoms with Crippen molar-refractivity contribution in [3.63, 3.8) is 0 Å². The van der Waals surface area contributed by atoms with E-state index in [2.05, 4.69) is 21.2 Å². The summed E-state index contributed by atoms with van der Waals surface area (Å²) in [5, 5.41) is 2.26. The molecule has 104 valence electrons. The molecule has 0 aliphatic carbocycles. The maximum Gasteiger partial charge on any atom is 0.261 e. The van der Waals surface area contributed by atoms with Crippen LogP contribution in [0.15, 0.2) is 34.8 Å². The summed E-state index contributed by atoms with van der Waals surface area (Å²) in [6, 6.07) is 6.09. The molecule has 6 heteroatoms. The number of carbonyl (C=O) groups excluding carboxylic acids is 1. The summed E-state index contributed by atoms with van der Waals surface area (Å²) in [7, 11) is 0. The third-order valence-electron chi connectivity index (χ3n) is 2.69. The lowest BCUT2D eigenvalue weighted by molar-refractivity contribution is 0.101. The lowest BCUT2D eigenvalue weighted by Crippen LogP contribution is -2.16. The van der Waals surface area contributed by atoms with E-state index in [9.17, 15) is 18.0 Å². The maximum absolute atomic E-state index is 13.8. The van der Waals surface area contributed by atoms with Crippen LogP contribution in [0.25, 0.3) is 0 Å². The third-order valence-corrected chi connectivity index (χ3v) is 3.33. The number of nitrogens with one attached hydrogen (secondary N) is 1. The lowest BCUT2D eigenvalue weighted by Gasteiger charge is -2.09. The molecule has 0 saturated heterocycles. The largest absolute Gasteiger partial charge is 0.322 e. The van der Waals surface area contributed by atoms with Crippen molar-refractivity contribution in [3.05, 3.63) is 63.4 Å². The fraction of sp³-hybridized carbons (Fsp3) is 0.0714. The first kappa shape index (κ1) is 14.6. The molecule has 0 aliphatic rings. The molecule has 2 aromatic rings. The maximum atomic E-state index is 13.8. The highest BCUT2D eigenvalue weighted by molar-refractivity contribution is 9.10. The van der Waals surface area contributed by atoms with E-state index in [1.54, 1.807) is 0 Å². The summed E-state index contributed by atoms with van der Waals surface area (Å²) in [5.41, 5.74) is -0.428. The van der Waals surface area contributed by atoms with Crippen LogP contribution in [0.2, 0.25) is 0 Å². The molecule has 0 spiro atoms. The molecule has 2 aromatic carbocycles. The van der Waals surface area contributed by atoms with Crippen molar-refractivity contribution >= 4 is 27.5 Å². The molecule has 0 aliphatic heterocycles. The van der Waals surface area contributed by atoms with Gasteiger partial charge in [-0.3, -0.25) is 4.79 Å². The first-order chi connectivity index (χ1) is 9.40. The highest BCUT2D eigenvalue weighted by Gasteiger charge is 2.19. The number of aryl methyl sites for hydroxylation is 1. The Labute approximate surface area is 121 Å². The Kier molecular flexibility index (Phi) is 4.13. The van der Waals surface area contributed by atoms with Crippen molar-refractivity contribution in [3.8, 4) is 0 Å². The Bertz CT molecular complexity index is 688. The molecule has 0 heterocycles. The summed E-state index contributed by atoms with van der Waals surface area (Å²) in [6.45, 7) is 1.42. The molecule has 20 heavy (non-hydrogen) atoms. The summed E-state index contributed by atoms with van der Waals surface area (Å²) in [4.78, 5) is 11.9. The highest BCUT2D eigenvalue weighted by Crippen LogP contribution is 2.21. The van der Waals surface area contributed by atoms with Crippen LogP contribution in [0.1, 0.15) is 15.9 Å². The van der Waals surface area contributed by atoms with Gasteiger partial charge in [0, 0.05) is 5.69 Å². The number of rotatable bonds is 2. The van der Waals surface area contributed by atoms with Gasteiger partial charge in [0.25, 0.3) is 5.91 Å². The zero-order chi connectivity index (χ0) is 14.9. The fourth-order valence-electron chi connectivity index (χ4n) is 1.63. The van der Waals surface area contributed by atoms with Gasteiger partial charge in [0.1, 0.15) is 23.0 Å². The molecule has 0 unspecified atom stereocenters. The van der Waals surface area contributed by atoms with Gasteiger partial charge in [0.15, 0.2) is 0 Å². The van der Waals surface area contributed by atoms with Crippen LogP contribution in [-0.4, -0.2) is 5.91 Å². The second-order valence-corrected chi connectivity index (χ2v) is 4.99. The number of carbonyl (C=O) groups is 1. The Balaban J connectivity index is 2.33. The Hall–Kier alpha value is -1.82. The first-order valence-electron chi connectivity index (χ1n) is 5.61. The average molecular weight is 344 g/mol. The number of benzene rings is 2. The molecular weight excluding hydrogens is 335 g/mol. The predicted molar refractivity (Wildman–Crippen MR) is 73.1 cm³/mol. The molecule has 1 amide bonds. The van der Waals surface area contributed by atoms with E-state index in [0.717, 1.165) is 12.1 Å². The van der Waals surface area contributed by atoms with E-state index in [1.165, 1.54) is 25.1 Å². The van der Waals surface area contributed by atoms with E-state index in [-0.39, 0.29) is 15.7 Å². The van der Waals surface area contributed by atoms with Crippen LogP contribution in [0.4, 0.5) is 18.9 Å². The normalized spacial score (nSPS) is 10.4. The smallest absolute Gasteiger partial charge is 0.261 e. The number of hydrogen-bond acceptors (Lipinski definition) is 1. The molecule has 0 saturated carbocycles. The Morgan fingerprint density at radius 2 is 1.80 bits per heavy atom. The summed E-state index contributed by atoms with van der Waals surface area (Å²) >= 11 is 2.97. The van der Waals surface area contributed by atoms with Crippen LogP contribution in [-0.2, 0) is 0 Å². The Morgan fingerprint density at radius 1 is 1.10 bits per heavy atom. The van der Waals surface area contributed by atoms with E-state index >= 15 is 0 Å². The van der Waals surface area contributed by atoms with E-state index in [1.807, 2.05) is 0 Å². The molecule has 2 nitrogen and oxygen atoms in total. The molecule has 1 N–H and O–H groups in total. The summed E-state index contributed by atoms with van der Waals surface area (Å²) < 4.78 is 40.9. The lowest BCUT2D eigenvalue weighted by atomic mass is 10.1. The van der Waals surface area contributed by atoms with Crippen LogP contribution >= 0.6 is 15.9 Å². The van der Waals surface area contributed by atoms with E-state index < -0.39 is 28.9 Å². The van der Waals surface area contributed by atoms with Crippen molar-refractivity contribution in [2.75, 3.05) is 5.32 Å². The van der Waals surface area contributed by atoms with E-state index in [0.29, 0.717) is 0 Å². The SMILES string of the molecule is Cc1ccc(F)c(C(=O)Nc2ccc(Br)c(F)c2)c1F. The van der Waals surface area contributed by atoms with Crippen molar-refractivity contribution in [1.29, 1.82) is 0 Å². The monoisotopic (exact) mass is 343 g/mol. The van der Waals surface area contributed by atoms with Gasteiger partial charge in [-0.1, -0.05) is 6.07 Å². The van der Waals surface area contributed by atoms with Crippen LogP contribution in [0.5, 0.6) is 0 Å². The zero-order valence-corrected chi connectivity index (χ0v) is 11.9. The number of halogens is 4. The number of anilines is 1. The standard InChI is InChI=1S/C14H9BrF3NO/c1-7-2-5-10(16)12(13(7)18)14(20)19-8-3-4-9(15)11(17)6-8/h2-6H,1H3,(H,19,20). The van der Waals surface area contributed by atoms with Crippen molar-refractivity contribution in [1.82, 2.24) is 0 Å². The minimum atomic E-state index is -0.969. The second kappa shape index (κ2) is 5.66. The molecule has 0 fully saturated rings. The molecular formula is C14H9BrF3NO. The van der Waals surface area contributed by atoms with Crippen LogP contribution < -0.4 is 5.32 Å². The van der Waals surface area contributed by atoms with Gasteiger partial charge in [-0.2, -0.15) is 0 Å². The van der Waals surface area contributed by atoms with E-state index in [4.69, 9.17) is 0 Å². The van der Waals surface area contributed by atoms with Gasteiger partial charge in [0.05, 0.1) is 4.47 Å². The average Bonchev–Trinajstić information content (AvgIpc) is 2.39. The quantitative estimate of drug-likeness (QED) is 0.858. The van der Waals surface area contributed by atoms with Crippen LogP contribution in [0, 0.1) is 24.4 Å². The first-order valence-corrected chi connectivity index (χ1v) is 6.40. The molecule has 0 aromatic heterocycles. The molecule has 0 atom stereocenters. The van der Waals surface area contributed by atoms with Gasteiger partial charge >= 0.3 is 0 Å². The third kappa shape index (κ3) is 2.85. The van der Waals surface area contributed by atoms with Crippen LogP contribution in [0.3, 0.4) is 0 Å². The van der Waals surface area contributed by atoms with Gasteiger partial charge in [-0.25, -0.2) is 13.2 Å². The minimum absolute atomic E-state index is 0.107. The second-order valence-electron chi connectivity index (χ2n) is 4.14. The van der Waals surface area contributed by atoms with Gasteiger partial charge < -0.3 is 5.32 Å². The summed E-state index contributed by atoms with van der Waals surface area (Å²) in [5.74, 6) is -3.46. The summed E-state index contributed by atoms with van der Waals surface area (Å²) in [6.07, 6.45) is 0. The van der Waals surface area contributed by atoms with Crippen molar-refractivity contribution in [2.24, 2.45) is 0 Å². The molecule has 0 bridgehead atoms. The van der Waals surface area contributed by atoms with Crippen molar-refractivity contribution < 1.29 is 18.0 Å². The van der Waals surface area contributed by atoms with Crippen molar-refractivity contribution in [2.45, 2.75) is 6.92 Å². The predicted octanol–water partition coefficient (Wildman–Crippen LogP) is 4.43. The number of hydrogen-bond donors (Lipinski definition) is 1. The molecule has 0 radical (unpaired) electrons.